The molecule has 0 aromatic rings. The highest BCUT2D eigenvalue weighted by Crippen LogP contribution is 2.21. The molecule has 1 saturated heterocycles. The topological polar surface area (TPSA) is 83.6 Å². The first kappa shape index (κ1) is 17.2. The van der Waals surface area contributed by atoms with Gasteiger partial charge in [0.05, 0.1) is 5.75 Å². The van der Waals surface area contributed by atoms with Crippen molar-refractivity contribution in [2.24, 2.45) is 5.92 Å². The van der Waals surface area contributed by atoms with Gasteiger partial charge in [0.15, 0.2) is 0 Å². The third-order valence-corrected chi connectivity index (χ3v) is 5.18. The van der Waals surface area contributed by atoms with Crippen molar-refractivity contribution >= 4 is 22.0 Å². The standard InChI is InChI=1S/C14H23FN2O4S/c15-22(20,21)10-11-8-14(19)17(9-11)7-6-13(18)16-12-4-2-1-3-5-12/h11-12H,1-10H2,(H,16,18). The van der Waals surface area contributed by atoms with Crippen LogP contribution in [0.4, 0.5) is 3.89 Å². The van der Waals surface area contributed by atoms with E-state index in [1.807, 2.05) is 0 Å². The Labute approximate surface area is 130 Å². The smallest absolute Gasteiger partial charge is 0.302 e. The Morgan fingerprint density at radius 3 is 2.59 bits per heavy atom. The van der Waals surface area contributed by atoms with Crippen LogP contribution in [0.1, 0.15) is 44.9 Å². The molecule has 1 unspecified atom stereocenters. The van der Waals surface area contributed by atoms with E-state index in [1.54, 1.807) is 0 Å². The molecule has 2 amide bonds. The molecule has 1 aliphatic heterocycles. The Bertz CT molecular complexity index is 517. The van der Waals surface area contributed by atoms with Gasteiger partial charge in [-0.05, 0) is 12.8 Å². The molecule has 8 heteroatoms. The summed E-state index contributed by atoms with van der Waals surface area (Å²) >= 11 is 0. The second-order valence-corrected chi connectivity index (χ2v) is 7.68. The number of carbonyl (C=O) groups excluding carboxylic acids is 2. The summed E-state index contributed by atoms with van der Waals surface area (Å²) in [7, 11) is -4.56. The van der Waals surface area contributed by atoms with Crippen LogP contribution in [0.3, 0.4) is 0 Å². The van der Waals surface area contributed by atoms with Gasteiger partial charge >= 0.3 is 10.2 Å². The van der Waals surface area contributed by atoms with E-state index in [0.29, 0.717) is 0 Å². The average molecular weight is 334 g/mol. The zero-order chi connectivity index (χ0) is 16.2. The summed E-state index contributed by atoms with van der Waals surface area (Å²) in [4.78, 5) is 25.1. The van der Waals surface area contributed by atoms with Crippen molar-refractivity contribution in [2.75, 3.05) is 18.8 Å². The fourth-order valence-electron chi connectivity index (χ4n) is 3.25. The molecule has 0 spiro atoms. The van der Waals surface area contributed by atoms with E-state index in [9.17, 15) is 21.9 Å². The molecule has 22 heavy (non-hydrogen) atoms. The van der Waals surface area contributed by atoms with Crippen LogP contribution in [-0.4, -0.2) is 50.0 Å². The minimum absolute atomic E-state index is 0.0351. The van der Waals surface area contributed by atoms with Crippen molar-refractivity contribution in [3.8, 4) is 0 Å². The monoisotopic (exact) mass is 334 g/mol. The second kappa shape index (κ2) is 7.39. The number of hydrogen-bond donors (Lipinski definition) is 1. The average Bonchev–Trinajstić information content (AvgIpc) is 2.75. The number of halogens is 1. The summed E-state index contributed by atoms with van der Waals surface area (Å²) in [6.07, 6.45) is 5.73. The highest BCUT2D eigenvalue weighted by atomic mass is 32.3. The minimum Gasteiger partial charge on any atom is -0.353 e. The Hall–Kier alpha value is -1.18. The second-order valence-electron chi connectivity index (χ2n) is 6.27. The van der Waals surface area contributed by atoms with E-state index >= 15 is 0 Å². The first-order chi connectivity index (χ1) is 10.3. The molecular weight excluding hydrogens is 311 g/mol. The first-order valence-electron chi connectivity index (χ1n) is 7.83. The zero-order valence-corrected chi connectivity index (χ0v) is 13.4. The van der Waals surface area contributed by atoms with Crippen LogP contribution in [0.5, 0.6) is 0 Å². The quantitative estimate of drug-likeness (QED) is 0.734. The number of nitrogens with one attached hydrogen (secondary N) is 1. The van der Waals surface area contributed by atoms with Crippen LogP contribution in [-0.2, 0) is 19.8 Å². The van der Waals surface area contributed by atoms with E-state index in [2.05, 4.69) is 5.32 Å². The summed E-state index contributed by atoms with van der Waals surface area (Å²) in [5.41, 5.74) is 0. The highest BCUT2D eigenvalue weighted by Gasteiger charge is 2.32. The predicted octanol–water partition coefficient (Wildman–Crippen LogP) is 0.973. The Kier molecular flexibility index (Phi) is 5.77. The molecule has 6 nitrogen and oxygen atoms in total. The first-order valence-corrected chi connectivity index (χ1v) is 9.38. The van der Waals surface area contributed by atoms with Crippen LogP contribution in [0.2, 0.25) is 0 Å². The molecule has 1 atom stereocenters. The Morgan fingerprint density at radius 2 is 1.95 bits per heavy atom. The van der Waals surface area contributed by atoms with Crippen LogP contribution < -0.4 is 5.32 Å². The number of likely N-dealkylation sites (tertiary alicyclic amines) is 1. The molecule has 2 rings (SSSR count). The molecule has 2 aliphatic rings. The maximum Gasteiger partial charge on any atom is 0.302 e. The molecule has 0 aromatic heterocycles. The number of amides is 2. The molecule has 1 heterocycles. The van der Waals surface area contributed by atoms with E-state index in [4.69, 9.17) is 0 Å². The van der Waals surface area contributed by atoms with Crippen molar-refractivity contribution < 1.29 is 21.9 Å². The molecule has 1 N–H and O–H groups in total. The van der Waals surface area contributed by atoms with Crippen LogP contribution in [0.25, 0.3) is 0 Å². The molecule has 0 radical (unpaired) electrons. The summed E-state index contributed by atoms with van der Waals surface area (Å²) in [6, 6.07) is 0.236. The third-order valence-electron chi connectivity index (χ3n) is 4.31. The summed E-state index contributed by atoms with van der Waals surface area (Å²) in [5, 5.41) is 2.97. The fourth-order valence-corrected chi connectivity index (χ4v) is 4.03. The molecule has 2 fully saturated rings. The molecule has 1 aliphatic carbocycles. The predicted molar refractivity (Wildman–Crippen MR) is 79.2 cm³/mol. The van der Waals surface area contributed by atoms with Crippen LogP contribution in [0, 0.1) is 5.92 Å². The number of hydrogen-bond acceptors (Lipinski definition) is 4. The van der Waals surface area contributed by atoms with E-state index in [1.165, 1.54) is 11.3 Å². The SMILES string of the molecule is O=C(CCN1CC(CS(=O)(=O)F)CC1=O)NC1CCCCC1. The molecule has 0 bridgehead atoms. The van der Waals surface area contributed by atoms with Crippen molar-refractivity contribution in [1.29, 1.82) is 0 Å². The van der Waals surface area contributed by atoms with Gasteiger partial charge in [-0.25, -0.2) is 0 Å². The molecule has 126 valence electrons. The number of nitrogens with zero attached hydrogens (tertiary/aromatic N) is 1. The summed E-state index contributed by atoms with van der Waals surface area (Å²) in [5.74, 6) is -1.42. The van der Waals surface area contributed by atoms with Gasteiger partial charge in [-0.2, -0.15) is 8.42 Å². The normalized spacial score (nSPS) is 23.8. The lowest BCUT2D eigenvalue weighted by molar-refractivity contribution is -0.128. The molecule has 0 aromatic carbocycles. The fraction of sp³-hybridized carbons (Fsp3) is 0.857. The number of rotatable bonds is 6. The summed E-state index contributed by atoms with van der Waals surface area (Å²) < 4.78 is 33.9. The van der Waals surface area contributed by atoms with Crippen molar-refractivity contribution in [1.82, 2.24) is 10.2 Å². The maximum absolute atomic E-state index is 12.6. The van der Waals surface area contributed by atoms with Gasteiger partial charge in [-0.3, -0.25) is 9.59 Å². The van der Waals surface area contributed by atoms with Crippen molar-refractivity contribution in [3.05, 3.63) is 0 Å². The Morgan fingerprint density at radius 1 is 1.27 bits per heavy atom. The summed E-state index contributed by atoms with van der Waals surface area (Å²) in [6.45, 7) is 0.471. The number of carbonyl (C=O) groups is 2. The van der Waals surface area contributed by atoms with Gasteiger partial charge in [0.1, 0.15) is 0 Å². The zero-order valence-electron chi connectivity index (χ0n) is 12.6. The van der Waals surface area contributed by atoms with Crippen LogP contribution >= 0.6 is 0 Å². The van der Waals surface area contributed by atoms with Gasteiger partial charge in [-0.15, -0.1) is 3.89 Å². The van der Waals surface area contributed by atoms with Gasteiger partial charge in [-0.1, -0.05) is 19.3 Å². The maximum atomic E-state index is 12.6. The Balaban J connectivity index is 1.72. The lowest BCUT2D eigenvalue weighted by Crippen LogP contribution is -2.38. The van der Waals surface area contributed by atoms with Crippen molar-refractivity contribution in [2.45, 2.75) is 51.0 Å². The van der Waals surface area contributed by atoms with E-state index < -0.39 is 21.9 Å². The largest absolute Gasteiger partial charge is 0.353 e. The minimum atomic E-state index is -4.56. The van der Waals surface area contributed by atoms with Gasteiger partial charge in [0, 0.05) is 37.9 Å². The lowest BCUT2D eigenvalue weighted by atomic mass is 9.95. The highest BCUT2D eigenvalue weighted by molar-refractivity contribution is 7.86. The molecule has 1 saturated carbocycles. The van der Waals surface area contributed by atoms with Crippen molar-refractivity contribution in [3.63, 3.8) is 0 Å². The van der Waals surface area contributed by atoms with Gasteiger partial charge < -0.3 is 10.2 Å². The van der Waals surface area contributed by atoms with Gasteiger partial charge in [0.2, 0.25) is 11.8 Å². The molecular formula is C14H23FN2O4S. The van der Waals surface area contributed by atoms with E-state index in [0.717, 1.165) is 25.7 Å². The lowest BCUT2D eigenvalue weighted by Gasteiger charge is -2.23. The third kappa shape index (κ3) is 5.55. The van der Waals surface area contributed by atoms with Gasteiger partial charge in [0.25, 0.3) is 0 Å². The van der Waals surface area contributed by atoms with E-state index in [-0.39, 0.29) is 43.8 Å². The van der Waals surface area contributed by atoms with Crippen LogP contribution in [0.15, 0.2) is 0 Å².